The first-order valence-corrected chi connectivity index (χ1v) is 10.0. The Balaban J connectivity index is 1.69. The number of nitrogens with one attached hydrogen (secondary N) is 2. The summed E-state index contributed by atoms with van der Waals surface area (Å²) < 4.78 is 17.4. The third kappa shape index (κ3) is 3.84. The van der Waals surface area contributed by atoms with Crippen LogP contribution in [0.2, 0.25) is 0 Å². The third-order valence-electron chi connectivity index (χ3n) is 5.41. The van der Waals surface area contributed by atoms with Crippen molar-refractivity contribution >= 4 is 23.3 Å². The van der Waals surface area contributed by atoms with Gasteiger partial charge in [-0.15, -0.1) is 0 Å². The number of hydrogen-bond donors (Lipinski definition) is 2. The molecular weight excluding hydrogens is 412 g/mol. The Kier molecular flexibility index (Phi) is 5.72. The number of hydrogen-bond acceptors (Lipinski definition) is 6. The second-order valence-electron chi connectivity index (χ2n) is 7.32. The van der Waals surface area contributed by atoms with Crippen molar-refractivity contribution in [3.8, 4) is 28.5 Å². The summed E-state index contributed by atoms with van der Waals surface area (Å²) in [6, 6.07) is 11.7. The van der Waals surface area contributed by atoms with Crippen molar-refractivity contribution in [2.75, 3.05) is 32.0 Å². The number of amides is 2. The van der Waals surface area contributed by atoms with Gasteiger partial charge in [-0.1, -0.05) is 0 Å². The van der Waals surface area contributed by atoms with E-state index in [0.717, 1.165) is 16.9 Å². The number of rotatable bonds is 6. The van der Waals surface area contributed by atoms with E-state index in [1.807, 2.05) is 31.2 Å². The van der Waals surface area contributed by atoms with Crippen LogP contribution >= 0.6 is 0 Å². The Bertz CT molecular complexity index is 1170. The van der Waals surface area contributed by atoms with E-state index >= 15 is 0 Å². The lowest BCUT2D eigenvalue weighted by Crippen LogP contribution is -2.36. The molecule has 1 aliphatic heterocycles. The summed E-state index contributed by atoms with van der Waals surface area (Å²) in [7, 11) is 4.66. The van der Waals surface area contributed by atoms with Gasteiger partial charge in [0, 0.05) is 17.2 Å². The minimum absolute atomic E-state index is 0.0334. The average molecular weight is 436 g/mol. The van der Waals surface area contributed by atoms with Gasteiger partial charge in [0.2, 0.25) is 11.8 Å². The molecule has 2 aromatic carbocycles. The maximum absolute atomic E-state index is 13.2. The molecular formula is C23H24N4O5. The molecule has 2 N–H and O–H groups in total. The number of nitrogens with zero attached hydrogens (tertiary/aromatic N) is 2. The van der Waals surface area contributed by atoms with Gasteiger partial charge in [0.05, 0.1) is 39.1 Å². The Morgan fingerprint density at radius 2 is 1.75 bits per heavy atom. The van der Waals surface area contributed by atoms with Crippen molar-refractivity contribution in [1.82, 2.24) is 9.78 Å². The van der Waals surface area contributed by atoms with Crippen LogP contribution in [0.3, 0.4) is 0 Å². The lowest BCUT2D eigenvalue weighted by Gasteiger charge is -2.24. The van der Waals surface area contributed by atoms with Crippen LogP contribution < -0.4 is 24.8 Å². The van der Waals surface area contributed by atoms with Crippen molar-refractivity contribution < 1.29 is 23.8 Å². The maximum Gasteiger partial charge on any atom is 0.249 e. The fourth-order valence-electron chi connectivity index (χ4n) is 3.69. The zero-order valence-electron chi connectivity index (χ0n) is 18.3. The normalized spacial score (nSPS) is 14.9. The van der Waals surface area contributed by atoms with Crippen LogP contribution in [0.4, 0.5) is 11.5 Å². The molecule has 0 saturated heterocycles. The highest BCUT2D eigenvalue weighted by molar-refractivity contribution is 6.02. The van der Waals surface area contributed by atoms with Crippen LogP contribution in [0.5, 0.6) is 17.2 Å². The monoisotopic (exact) mass is 436 g/mol. The summed E-state index contributed by atoms with van der Waals surface area (Å²) in [6.45, 7) is 1.87. The summed E-state index contributed by atoms with van der Waals surface area (Å²) >= 11 is 0. The highest BCUT2D eigenvalue weighted by Gasteiger charge is 2.34. The predicted molar refractivity (Wildman–Crippen MR) is 119 cm³/mol. The summed E-state index contributed by atoms with van der Waals surface area (Å²) in [5.41, 5.74) is 2.76. The molecule has 4 rings (SSSR count). The standard InChI is InChI=1S/C23H24N4O5/c1-13-21(14-5-7-15(30-2)8-6-14)26-27-18(12-20(28)25-22(13)27)23(29)24-17-11-16(31-3)9-10-19(17)32-4/h5-11,18H,12H2,1-4H3,(H,24,29)(H,25,28). The summed E-state index contributed by atoms with van der Waals surface area (Å²) in [4.78, 5) is 25.6. The van der Waals surface area contributed by atoms with Gasteiger partial charge in [0.15, 0.2) is 0 Å². The van der Waals surface area contributed by atoms with Gasteiger partial charge in [-0.2, -0.15) is 5.10 Å². The van der Waals surface area contributed by atoms with Gasteiger partial charge in [-0.25, -0.2) is 4.68 Å². The molecule has 3 aromatic rings. The van der Waals surface area contributed by atoms with Crippen LogP contribution in [0, 0.1) is 6.92 Å². The number of fused-ring (bicyclic) bond motifs is 1. The van der Waals surface area contributed by atoms with Gasteiger partial charge in [-0.05, 0) is 43.3 Å². The molecule has 32 heavy (non-hydrogen) atoms. The van der Waals surface area contributed by atoms with Crippen LogP contribution in [-0.2, 0) is 9.59 Å². The fraction of sp³-hybridized carbons (Fsp3) is 0.261. The quantitative estimate of drug-likeness (QED) is 0.614. The summed E-state index contributed by atoms with van der Waals surface area (Å²) in [5, 5.41) is 10.4. The van der Waals surface area contributed by atoms with Crippen LogP contribution in [0.15, 0.2) is 42.5 Å². The van der Waals surface area contributed by atoms with Crippen molar-refractivity contribution in [3.63, 3.8) is 0 Å². The first-order chi connectivity index (χ1) is 15.4. The molecule has 0 fully saturated rings. The number of methoxy groups -OCH3 is 3. The molecule has 166 valence electrons. The number of ether oxygens (including phenoxy) is 3. The van der Waals surface area contributed by atoms with E-state index in [0.29, 0.717) is 28.7 Å². The lowest BCUT2D eigenvalue weighted by molar-refractivity contribution is -0.125. The molecule has 0 aliphatic carbocycles. The van der Waals surface area contributed by atoms with E-state index in [1.54, 1.807) is 37.1 Å². The molecule has 9 nitrogen and oxygen atoms in total. The molecule has 9 heteroatoms. The Morgan fingerprint density at radius 3 is 2.41 bits per heavy atom. The Morgan fingerprint density at radius 1 is 1.06 bits per heavy atom. The smallest absolute Gasteiger partial charge is 0.249 e. The third-order valence-corrected chi connectivity index (χ3v) is 5.41. The second kappa shape index (κ2) is 8.62. The fourth-order valence-corrected chi connectivity index (χ4v) is 3.69. The van der Waals surface area contributed by atoms with E-state index < -0.39 is 6.04 Å². The van der Waals surface area contributed by atoms with Crippen molar-refractivity contribution in [1.29, 1.82) is 0 Å². The first-order valence-electron chi connectivity index (χ1n) is 10.0. The van der Waals surface area contributed by atoms with E-state index in [2.05, 4.69) is 15.7 Å². The average Bonchev–Trinajstić information content (AvgIpc) is 3.14. The minimum Gasteiger partial charge on any atom is -0.497 e. The number of aromatic nitrogens is 2. The molecule has 0 radical (unpaired) electrons. The molecule has 2 heterocycles. The Labute approximate surface area is 185 Å². The molecule has 0 saturated carbocycles. The van der Waals surface area contributed by atoms with E-state index in [4.69, 9.17) is 14.2 Å². The topological polar surface area (TPSA) is 104 Å². The van der Waals surface area contributed by atoms with Crippen LogP contribution in [0.1, 0.15) is 18.0 Å². The molecule has 1 unspecified atom stereocenters. The van der Waals surface area contributed by atoms with E-state index in [1.165, 1.54) is 7.11 Å². The second-order valence-corrected chi connectivity index (χ2v) is 7.32. The molecule has 0 bridgehead atoms. The molecule has 0 spiro atoms. The number of anilines is 2. The minimum atomic E-state index is -0.819. The van der Waals surface area contributed by atoms with Gasteiger partial charge in [-0.3, -0.25) is 9.59 Å². The Hall–Kier alpha value is -4.01. The SMILES string of the molecule is COc1ccc(-c2nn3c(c2C)NC(=O)CC3C(=O)Nc2cc(OC)ccc2OC)cc1. The molecule has 1 aliphatic rings. The largest absolute Gasteiger partial charge is 0.497 e. The van der Waals surface area contributed by atoms with E-state index in [-0.39, 0.29) is 18.2 Å². The van der Waals surface area contributed by atoms with Crippen molar-refractivity contribution in [2.45, 2.75) is 19.4 Å². The van der Waals surface area contributed by atoms with Crippen molar-refractivity contribution in [3.05, 3.63) is 48.0 Å². The van der Waals surface area contributed by atoms with Gasteiger partial charge in [0.1, 0.15) is 29.1 Å². The van der Waals surface area contributed by atoms with Gasteiger partial charge < -0.3 is 24.8 Å². The van der Waals surface area contributed by atoms with Crippen molar-refractivity contribution in [2.24, 2.45) is 0 Å². The van der Waals surface area contributed by atoms with Crippen LogP contribution in [0.25, 0.3) is 11.3 Å². The van der Waals surface area contributed by atoms with Gasteiger partial charge in [0.25, 0.3) is 0 Å². The summed E-state index contributed by atoms with van der Waals surface area (Å²) in [6.07, 6.45) is -0.0334. The van der Waals surface area contributed by atoms with Crippen LogP contribution in [-0.4, -0.2) is 42.9 Å². The highest BCUT2D eigenvalue weighted by atomic mass is 16.5. The van der Waals surface area contributed by atoms with E-state index in [9.17, 15) is 9.59 Å². The molecule has 2 amide bonds. The predicted octanol–water partition coefficient (Wildman–Crippen LogP) is 3.41. The zero-order valence-corrected chi connectivity index (χ0v) is 18.3. The molecule has 1 aromatic heterocycles. The highest BCUT2D eigenvalue weighted by Crippen LogP contribution is 2.36. The summed E-state index contributed by atoms with van der Waals surface area (Å²) in [5.74, 6) is 1.66. The first kappa shape index (κ1) is 21.2. The maximum atomic E-state index is 13.2. The number of carbonyl (C=O) groups excluding carboxylic acids is 2. The zero-order chi connectivity index (χ0) is 22.8. The number of carbonyl (C=O) groups is 2. The molecule has 1 atom stereocenters. The number of benzene rings is 2. The van der Waals surface area contributed by atoms with Gasteiger partial charge >= 0.3 is 0 Å². The lowest BCUT2D eigenvalue weighted by atomic mass is 10.1.